The van der Waals surface area contributed by atoms with Crippen LogP contribution in [-0.2, 0) is 25.7 Å². The summed E-state index contributed by atoms with van der Waals surface area (Å²) in [4.78, 5) is 12.6. The molecular weight excluding hydrogens is 391 g/mol. The Bertz CT molecular complexity index is 825. The summed E-state index contributed by atoms with van der Waals surface area (Å²) in [6.07, 6.45) is -2.72. The SMILES string of the molecule is CCNC(=NCc1nc(C(F)(F)F)cs1)NC1CCc2nc(C(C)C)nn2C1. The first kappa shape index (κ1) is 20.6. The molecule has 0 fully saturated rings. The summed E-state index contributed by atoms with van der Waals surface area (Å²) >= 11 is 0.963. The normalized spacial score (nSPS) is 17.7. The molecule has 28 heavy (non-hydrogen) atoms. The number of fused-ring (bicyclic) bond motifs is 1. The van der Waals surface area contributed by atoms with Gasteiger partial charge >= 0.3 is 6.18 Å². The highest BCUT2D eigenvalue weighted by Crippen LogP contribution is 2.30. The van der Waals surface area contributed by atoms with E-state index in [-0.39, 0.29) is 18.5 Å². The number of alkyl halides is 3. The van der Waals surface area contributed by atoms with Gasteiger partial charge in [0.25, 0.3) is 0 Å². The smallest absolute Gasteiger partial charge is 0.357 e. The molecule has 2 N–H and O–H groups in total. The lowest BCUT2D eigenvalue weighted by Crippen LogP contribution is -2.47. The Morgan fingerprint density at radius 3 is 2.82 bits per heavy atom. The van der Waals surface area contributed by atoms with Crippen molar-refractivity contribution in [2.24, 2.45) is 4.99 Å². The molecule has 3 heterocycles. The lowest BCUT2D eigenvalue weighted by molar-refractivity contribution is -0.140. The number of aryl methyl sites for hydroxylation is 1. The molecule has 1 aliphatic heterocycles. The molecule has 2 aromatic rings. The van der Waals surface area contributed by atoms with E-state index < -0.39 is 11.9 Å². The maximum absolute atomic E-state index is 12.7. The van der Waals surface area contributed by atoms with E-state index in [1.54, 1.807) is 0 Å². The van der Waals surface area contributed by atoms with Gasteiger partial charge in [-0.2, -0.15) is 18.3 Å². The molecule has 1 atom stereocenters. The molecule has 1 aliphatic rings. The van der Waals surface area contributed by atoms with E-state index in [0.717, 1.165) is 41.2 Å². The molecule has 154 valence electrons. The molecule has 0 bridgehead atoms. The van der Waals surface area contributed by atoms with Gasteiger partial charge in [0.1, 0.15) is 10.8 Å². The second kappa shape index (κ2) is 8.46. The van der Waals surface area contributed by atoms with E-state index >= 15 is 0 Å². The molecule has 0 amide bonds. The van der Waals surface area contributed by atoms with Crippen LogP contribution in [0.1, 0.15) is 55.5 Å². The third-order valence-corrected chi connectivity index (χ3v) is 5.12. The Morgan fingerprint density at radius 2 is 2.18 bits per heavy atom. The Balaban J connectivity index is 1.64. The summed E-state index contributed by atoms with van der Waals surface area (Å²) in [6, 6.07) is 0.119. The van der Waals surface area contributed by atoms with Gasteiger partial charge in [0, 0.05) is 30.3 Å². The van der Waals surface area contributed by atoms with Crippen molar-refractivity contribution in [1.82, 2.24) is 30.4 Å². The number of nitrogens with zero attached hydrogens (tertiary/aromatic N) is 5. The van der Waals surface area contributed by atoms with Crippen molar-refractivity contribution in [2.75, 3.05) is 6.54 Å². The van der Waals surface area contributed by atoms with Crippen LogP contribution in [0.25, 0.3) is 0 Å². The van der Waals surface area contributed by atoms with Gasteiger partial charge in [-0.05, 0) is 13.3 Å². The quantitative estimate of drug-likeness (QED) is 0.580. The van der Waals surface area contributed by atoms with Crippen molar-refractivity contribution < 1.29 is 13.2 Å². The summed E-state index contributed by atoms with van der Waals surface area (Å²) in [5, 5.41) is 12.4. The minimum atomic E-state index is -4.42. The summed E-state index contributed by atoms with van der Waals surface area (Å²) < 4.78 is 39.9. The number of rotatable bonds is 5. The van der Waals surface area contributed by atoms with Crippen LogP contribution in [0.4, 0.5) is 13.2 Å². The second-order valence-electron chi connectivity index (χ2n) is 6.92. The summed E-state index contributed by atoms with van der Waals surface area (Å²) in [7, 11) is 0. The van der Waals surface area contributed by atoms with Crippen molar-refractivity contribution >= 4 is 17.3 Å². The number of nitrogens with one attached hydrogen (secondary N) is 2. The number of guanidine groups is 1. The van der Waals surface area contributed by atoms with E-state index in [4.69, 9.17) is 0 Å². The summed E-state index contributed by atoms with van der Waals surface area (Å²) in [5.41, 5.74) is -0.868. The van der Waals surface area contributed by atoms with Crippen LogP contribution in [0, 0.1) is 0 Å². The monoisotopic (exact) mass is 415 g/mol. The molecule has 0 aromatic carbocycles. The molecule has 3 rings (SSSR count). The van der Waals surface area contributed by atoms with Crippen LogP contribution in [0.15, 0.2) is 10.4 Å². The Kier molecular flexibility index (Phi) is 6.21. The fourth-order valence-electron chi connectivity index (χ4n) is 2.86. The van der Waals surface area contributed by atoms with Gasteiger partial charge in [0.05, 0.1) is 13.1 Å². The molecule has 0 saturated carbocycles. The number of halogens is 3. The van der Waals surface area contributed by atoms with Crippen LogP contribution in [0.2, 0.25) is 0 Å². The minimum absolute atomic E-state index is 0.0921. The highest BCUT2D eigenvalue weighted by Gasteiger charge is 2.33. The van der Waals surface area contributed by atoms with Crippen molar-refractivity contribution in [3.8, 4) is 0 Å². The molecule has 7 nitrogen and oxygen atoms in total. The van der Waals surface area contributed by atoms with Crippen molar-refractivity contribution in [3.05, 3.63) is 27.7 Å². The molecule has 0 radical (unpaired) electrons. The van der Waals surface area contributed by atoms with Crippen LogP contribution >= 0.6 is 11.3 Å². The zero-order valence-corrected chi connectivity index (χ0v) is 16.9. The predicted molar refractivity (Wildman–Crippen MR) is 101 cm³/mol. The Labute approximate surface area is 165 Å². The van der Waals surface area contributed by atoms with E-state index in [1.165, 1.54) is 0 Å². The molecule has 0 aliphatic carbocycles. The van der Waals surface area contributed by atoms with Gasteiger partial charge in [-0.3, -0.25) is 0 Å². The van der Waals surface area contributed by atoms with E-state index in [9.17, 15) is 13.2 Å². The van der Waals surface area contributed by atoms with Crippen molar-refractivity contribution in [2.45, 2.75) is 64.8 Å². The van der Waals surface area contributed by atoms with Gasteiger partial charge in [0.2, 0.25) is 0 Å². The maximum atomic E-state index is 12.7. The molecule has 0 spiro atoms. The zero-order chi connectivity index (χ0) is 20.3. The summed E-state index contributed by atoms with van der Waals surface area (Å²) in [5.74, 6) is 2.68. The first-order valence-electron chi connectivity index (χ1n) is 9.26. The fraction of sp³-hybridized carbons (Fsp3) is 0.647. The van der Waals surface area contributed by atoms with Crippen LogP contribution in [0.5, 0.6) is 0 Å². The van der Waals surface area contributed by atoms with Crippen LogP contribution < -0.4 is 10.6 Å². The first-order chi connectivity index (χ1) is 13.3. The number of aliphatic imine (C=N–C) groups is 1. The van der Waals surface area contributed by atoms with Gasteiger partial charge in [0.15, 0.2) is 17.5 Å². The zero-order valence-electron chi connectivity index (χ0n) is 16.0. The van der Waals surface area contributed by atoms with Gasteiger partial charge in [-0.25, -0.2) is 19.6 Å². The number of aromatic nitrogens is 4. The van der Waals surface area contributed by atoms with Crippen LogP contribution in [0.3, 0.4) is 0 Å². The van der Waals surface area contributed by atoms with Gasteiger partial charge in [-0.1, -0.05) is 13.8 Å². The first-order valence-corrected chi connectivity index (χ1v) is 10.1. The highest BCUT2D eigenvalue weighted by atomic mass is 32.1. The number of thiazole rings is 1. The predicted octanol–water partition coefficient (Wildman–Crippen LogP) is 2.95. The fourth-order valence-corrected chi connectivity index (χ4v) is 3.59. The van der Waals surface area contributed by atoms with E-state index in [0.29, 0.717) is 24.1 Å². The lowest BCUT2D eigenvalue weighted by atomic mass is 10.1. The second-order valence-corrected chi connectivity index (χ2v) is 7.87. The summed E-state index contributed by atoms with van der Waals surface area (Å²) in [6.45, 7) is 7.49. The number of hydrogen-bond acceptors (Lipinski definition) is 5. The maximum Gasteiger partial charge on any atom is 0.434 e. The minimum Gasteiger partial charge on any atom is -0.357 e. The van der Waals surface area contributed by atoms with E-state index in [2.05, 4.69) is 44.5 Å². The standard InChI is InChI=1S/C17H24F3N7S/c1-4-21-16(22-7-14-24-12(9-28-14)17(18,19)20)23-11-5-6-13-25-15(10(2)3)26-27(13)8-11/h9-11H,4-8H2,1-3H3,(H2,21,22,23). The third-order valence-electron chi connectivity index (χ3n) is 4.29. The lowest BCUT2D eigenvalue weighted by Gasteiger charge is -2.25. The average molecular weight is 415 g/mol. The van der Waals surface area contributed by atoms with Crippen molar-refractivity contribution in [3.63, 3.8) is 0 Å². The largest absolute Gasteiger partial charge is 0.434 e. The van der Waals surface area contributed by atoms with E-state index in [1.807, 2.05) is 11.6 Å². The van der Waals surface area contributed by atoms with Gasteiger partial charge < -0.3 is 10.6 Å². The topological polar surface area (TPSA) is 80.0 Å². The Hall–Kier alpha value is -2.17. The molecule has 1 unspecified atom stereocenters. The molecular formula is C17H24F3N7S. The Morgan fingerprint density at radius 1 is 1.39 bits per heavy atom. The van der Waals surface area contributed by atoms with Gasteiger partial charge in [-0.15, -0.1) is 11.3 Å². The number of hydrogen-bond donors (Lipinski definition) is 2. The van der Waals surface area contributed by atoms with Crippen LogP contribution in [-0.4, -0.2) is 38.3 Å². The average Bonchev–Trinajstić information content (AvgIpc) is 3.26. The highest BCUT2D eigenvalue weighted by molar-refractivity contribution is 7.09. The van der Waals surface area contributed by atoms with Crippen molar-refractivity contribution in [1.29, 1.82) is 0 Å². The molecule has 2 aromatic heterocycles. The third kappa shape index (κ3) is 5.00. The molecule has 0 saturated heterocycles. The molecule has 11 heteroatoms.